The number of morpholine rings is 1. The van der Waals surface area contributed by atoms with Gasteiger partial charge >= 0.3 is 0 Å². The minimum atomic E-state index is -3.37. The Kier molecular flexibility index (Phi) is 5.57. The second-order valence-electron chi connectivity index (χ2n) is 5.24. The van der Waals surface area contributed by atoms with Crippen LogP contribution < -0.4 is 4.72 Å². The molecule has 1 atom stereocenters. The SMILES string of the molecule is CC(C)C(CNS(=O)(=O)c1cccs1)N1CCOCC1. The molecule has 0 spiro atoms. The van der Waals surface area contributed by atoms with Gasteiger partial charge in [-0.15, -0.1) is 11.3 Å². The molecule has 20 heavy (non-hydrogen) atoms. The summed E-state index contributed by atoms with van der Waals surface area (Å²) in [6, 6.07) is 3.58. The van der Waals surface area contributed by atoms with Gasteiger partial charge in [0.1, 0.15) is 4.21 Å². The molecule has 1 fully saturated rings. The van der Waals surface area contributed by atoms with Crippen molar-refractivity contribution in [3.63, 3.8) is 0 Å². The van der Waals surface area contributed by atoms with Gasteiger partial charge in [-0.2, -0.15) is 0 Å². The monoisotopic (exact) mass is 318 g/mol. The van der Waals surface area contributed by atoms with E-state index in [1.54, 1.807) is 17.5 Å². The van der Waals surface area contributed by atoms with Crippen molar-refractivity contribution >= 4 is 21.4 Å². The van der Waals surface area contributed by atoms with Crippen LogP contribution in [0.4, 0.5) is 0 Å². The van der Waals surface area contributed by atoms with Gasteiger partial charge in [-0.25, -0.2) is 13.1 Å². The van der Waals surface area contributed by atoms with Crippen molar-refractivity contribution in [1.82, 2.24) is 9.62 Å². The Hall–Kier alpha value is -0.470. The van der Waals surface area contributed by atoms with Gasteiger partial charge in [-0.1, -0.05) is 19.9 Å². The number of nitrogens with zero attached hydrogens (tertiary/aromatic N) is 1. The average molecular weight is 318 g/mol. The highest BCUT2D eigenvalue weighted by Gasteiger charge is 2.26. The van der Waals surface area contributed by atoms with Gasteiger partial charge in [0.15, 0.2) is 0 Å². The van der Waals surface area contributed by atoms with Crippen LogP contribution in [-0.4, -0.2) is 52.2 Å². The van der Waals surface area contributed by atoms with Crippen LogP contribution in [0.1, 0.15) is 13.8 Å². The Labute approximate surface area is 125 Å². The molecule has 0 aromatic carbocycles. The molecule has 0 amide bonds. The van der Waals surface area contributed by atoms with Crippen LogP contribution in [0.25, 0.3) is 0 Å². The number of nitrogens with one attached hydrogen (secondary N) is 1. The molecule has 1 N–H and O–H groups in total. The van der Waals surface area contributed by atoms with Crippen molar-refractivity contribution in [2.75, 3.05) is 32.8 Å². The van der Waals surface area contributed by atoms with E-state index in [9.17, 15) is 8.42 Å². The zero-order chi connectivity index (χ0) is 14.6. The Morgan fingerprint density at radius 3 is 2.65 bits per heavy atom. The van der Waals surface area contributed by atoms with Crippen LogP contribution >= 0.6 is 11.3 Å². The number of sulfonamides is 1. The highest BCUT2D eigenvalue weighted by molar-refractivity contribution is 7.91. The minimum Gasteiger partial charge on any atom is -0.379 e. The van der Waals surface area contributed by atoms with Crippen LogP contribution in [-0.2, 0) is 14.8 Å². The van der Waals surface area contributed by atoms with Crippen LogP contribution in [0.3, 0.4) is 0 Å². The molecule has 0 saturated carbocycles. The summed E-state index contributed by atoms with van der Waals surface area (Å²) in [5.41, 5.74) is 0. The quantitative estimate of drug-likeness (QED) is 0.861. The van der Waals surface area contributed by atoms with E-state index in [4.69, 9.17) is 4.74 Å². The second-order valence-corrected chi connectivity index (χ2v) is 8.19. The number of hydrogen-bond donors (Lipinski definition) is 1. The van der Waals surface area contributed by atoms with E-state index < -0.39 is 10.0 Å². The molecule has 1 unspecified atom stereocenters. The molecule has 2 rings (SSSR count). The predicted octanol–water partition coefficient (Wildman–Crippen LogP) is 1.38. The molecule has 0 bridgehead atoms. The summed E-state index contributed by atoms with van der Waals surface area (Å²) in [5.74, 6) is 0.388. The first-order valence-corrected chi connectivity index (χ1v) is 9.22. The molecule has 0 radical (unpaired) electrons. The molecule has 1 saturated heterocycles. The van der Waals surface area contributed by atoms with Crippen molar-refractivity contribution in [3.8, 4) is 0 Å². The zero-order valence-electron chi connectivity index (χ0n) is 11.9. The first-order valence-electron chi connectivity index (χ1n) is 6.85. The van der Waals surface area contributed by atoms with E-state index in [-0.39, 0.29) is 6.04 Å². The van der Waals surface area contributed by atoms with E-state index in [2.05, 4.69) is 23.5 Å². The molecule has 5 nitrogen and oxygen atoms in total. The third-order valence-corrected chi connectivity index (χ3v) is 6.35. The maximum Gasteiger partial charge on any atom is 0.250 e. The number of ether oxygens (including phenoxy) is 1. The standard InChI is InChI=1S/C13H22N2O3S2/c1-11(2)12(15-5-7-18-8-6-15)10-14-20(16,17)13-4-3-9-19-13/h3-4,9,11-12,14H,5-8,10H2,1-2H3. The Balaban J connectivity index is 1.98. The summed E-state index contributed by atoms with van der Waals surface area (Å²) >= 11 is 1.24. The lowest BCUT2D eigenvalue weighted by atomic mass is 10.0. The summed E-state index contributed by atoms with van der Waals surface area (Å²) < 4.78 is 32.8. The maximum atomic E-state index is 12.2. The van der Waals surface area contributed by atoms with Crippen molar-refractivity contribution in [3.05, 3.63) is 17.5 Å². The lowest BCUT2D eigenvalue weighted by molar-refractivity contribution is 0.00776. The van der Waals surface area contributed by atoms with Gasteiger partial charge in [0.2, 0.25) is 10.0 Å². The zero-order valence-corrected chi connectivity index (χ0v) is 13.5. The lowest BCUT2D eigenvalue weighted by Crippen LogP contribution is -2.51. The Morgan fingerprint density at radius 1 is 1.40 bits per heavy atom. The van der Waals surface area contributed by atoms with Crippen molar-refractivity contribution < 1.29 is 13.2 Å². The maximum absolute atomic E-state index is 12.2. The highest BCUT2D eigenvalue weighted by Crippen LogP contribution is 2.17. The largest absolute Gasteiger partial charge is 0.379 e. The molecule has 1 aliphatic rings. The number of rotatable bonds is 6. The normalized spacial score (nSPS) is 19.4. The summed E-state index contributed by atoms with van der Waals surface area (Å²) in [6.45, 7) is 7.87. The molecule has 7 heteroatoms. The number of hydrogen-bond acceptors (Lipinski definition) is 5. The fourth-order valence-corrected chi connectivity index (χ4v) is 4.47. The van der Waals surface area contributed by atoms with Gasteiger partial charge < -0.3 is 4.74 Å². The Morgan fingerprint density at radius 2 is 2.10 bits per heavy atom. The fraction of sp³-hybridized carbons (Fsp3) is 0.692. The molecule has 0 aliphatic carbocycles. The smallest absolute Gasteiger partial charge is 0.250 e. The summed E-state index contributed by atoms with van der Waals surface area (Å²) in [5, 5.41) is 1.77. The molecule has 1 aromatic rings. The third-order valence-electron chi connectivity index (χ3n) is 3.53. The lowest BCUT2D eigenvalue weighted by Gasteiger charge is -2.36. The van der Waals surface area contributed by atoms with Gasteiger partial charge in [0.25, 0.3) is 0 Å². The van der Waals surface area contributed by atoms with Crippen LogP contribution in [0, 0.1) is 5.92 Å². The molecule has 1 aromatic heterocycles. The third kappa shape index (κ3) is 4.02. The molecule has 114 valence electrons. The van der Waals surface area contributed by atoms with E-state index in [1.807, 2.05) is 0 Å². The first-order chi connectivity index (χ1) is 9.50. The molecular formula is C13H22N2O3S2. The summed E-state index contributed by atoms with van der Waals surface area (Å²) in [7, 11) is -3.37. The molecular weight excluding hydrogens is 296 g/mol. The van der Waals surface area contributed by atoms with E-state index in [0.29, 0.717) is 16.7 Å². The minimum absolute atomic E-state index is 0.202. The molecule has 1 aliphatic heterocycles. The van der Waals surface area contributed by atoms with Crippen LogP contribution in [0.5, 0.6) is 0 Å². The van der Waals surface area contributed by atoms with Gasteiger partial charge in [-0.3, -0.25) is 4.90 Å². The summed E-state index contributed by atoms with van der Waals surface area (Å²) in [4.78, 5) is 2.31. The van der Waals surface area contributed by atoms with Crippen LogP contribution in [0.15, 0.2) is 21.7 Å². The van der Waals surface area contributed by atoms with E-state index in [1.165, 1.54) is 11.3 Å². The topological polar surface area (TPSA) is 58.6 Å². The van der Waals surface area contributed by atoms with Gasteiger partial charge in [0, 0.05) is 25.7 Å². The fourth-order valence-electron chi connectivity index (χ4n) is 2.38. The second kappa shape index (κ2) is 7.00. The van der Waals surface area contributed by atoms with Crippen molar-refractivity contribution in [2.24, 2.45) is 5.92 Å². The van der Waals surface area contributed by atoms with Crippen molar-refractivity contribution in [2.45, 2.75) is 24.1 Å². The molecule has 2 heterocycles. The first kappa shape index (κ1) is 15.9. The van der Waals surface area contributed by atoms with Crippen molar-refractivity contribution in [1.29, 1.82) is 0 Å². The van der Waals surface area contributed by atoms with Gasteiger partial charge in [0.05, 0.1) is 13.2 Å². The van der Waals surface area contributed by atoms with Gasteiger partial charge in [-0.05, 0) is 17.4 Å². The van der Waals surface area contributed by atoms with E-state index >= 15 is 0 Å². The highest BCUT2D eigenvalue weighted by atomic mass is 32.2. The predicted molar refractivity (Wildman–Crippen MR) is 80.5 cm³/mol. The Bertz CT molecular complexity index is 494. The number of thiophene rings is 1. The average Bonchev–Trinajstić information content (AvgIpc) is 2.94. The van der Waals surface area contributed by atoms with E-state index in [0.717, 1.165) is 26.3 Å². The summed E-state index contributed by atoms with van der Waals surface area (Å²) in [6.07, 6.45) is 0. The van der Waals surface area contributed by atoms with Crippen LogP contribution in [0.2, 0.25) is 0 Å².